The van der Waals surface area contributed by atoms with Crippen LogP contribution in [0.15, 0.2) is 46.0 Å². The number of hydrazone groups is 1. The van der Waals surface area contributed by atoms with Crippen LogP contribution in [-0.4, -0.2) is 26.3 Å². The van der Waals surface area contributed by atoms with Crippen LogP contribution < -0.4 is 14.9 Å². The quantitative estimate of drug-likeness (QED) is 0.641. The van der Waals surface area contributed by atoms with Crippen molar-refractivity contribution in [3.8, 4) is 11.5 Å². The zero-order valence-corrected chi connectivity index (χ0v) is 14.7. The third kappa shape index (κ3) is 4.10. The standard InChI is InChI=1S/C17H17BrN2O3/c1-11-8-15(22-2)16(23-3)9-12(11)10-19-20-17(21)13-6-4-5-7-14(13)18/h4-10H,1-3H3,(H,20,21)/b19-10-. The Bertz CT molecular complexity index is 745. The van der Waals surface area contributed by atoms with E-state index in [0.717, 1.165) is 15.6 Å². The van der Waals surface area contributed by atoms with Gasteiger partial charge in [-0.1, -0.05) is 12.1 Å². The minimum absolute atomic E-state index is 0.285. The summed E-state index contributed by atoms with van der Waals surface area (Å²) in [6.45, 7) is 1.93. The summed E-state index contributed by atoms with van der Waals surface area (Å²) in [5.74, 6) is 0.975. The van der Waals surface area contributed by atoms with E-state index >= 15 is 0 Å². The van der Waals surface area contributed by atoms with E-state index in [0.29, 0.717) is 17.1 Å². The third-order valence-electron chi connectivity index (χ3n) is 3.26. The Morgan fingerprint density at radius 3 is 2.48 bits per heavy atom. The molecule has 23 heavy (non-hydrogen) atoms. The summed E-state index contributed by atoms with van der Waals surface area (Å²) < 4.78 is 11.2. The Hall–Kier alpha value is -2.34. The number of aryl methyl sites for hydroxylation is 1. The monoisotopic (exact) mass is 376 g/mol. The maximum atomic E-state index is 12.1. The van der Waals surface area contributed by atoms with Gasteiger partial charge in [0.1, 0.15) is 0 Å². The van der Waals surface area contributed by atoms with Gasteiger partial charge in [0.25, 0.3) is 5.91 Å². The summed E-state index contributed by atoms with van der Waals surface area (Å²) in [6, 6.07) is 10.8. The molecule has 2 aromatic carbocycles. The summed E-state index contributed by atoms with van der Waals surface area (Å²) in [4.78, 5) is 12.1. The zero-order valence-electron chi connectivity index (χ0n) is 13.1. The summed E-state index contributed by atoms with van der Waals surface area (Å²) >= 11 is 3.34. The lowest BCUT2D eigenvalue weighted by molar-refractivity contribution is 0.0954. The van der Waals surface area contributed by atoms with E-state index in [1.54, 1.807) is 38.6 Å². The second-order valence-electron chi connectivity index (χ2n) is 4.74. The molecule has 2 rings (SSSR count). The van der Waals surface area contributed by atoms with Gasteiger partial charge in [0, 0.05) is 10.0 Å². The van der Waals surface area contributed by atoms with Crippen LogP contribution >= 0.6 is 15.9 Å². The molecule has 0 aliphatic carbocycles. The predicted octanol–water partition coefficient (Wildman–Crippen LogP) is 3.54. The molecule has 0 atom stereocenters. The highest BCUT2D eigenvalue weighted by Gasteiger charge is 2.09. The average Bonchev–Trinajstić information content (AvgIpc) is 2.56. The lowest BCUT2D eigenvalue weighted by Gasteiger charge is -2.10. The normalized spacial score (nSPS) is 10.6. The molecule has 0 spiro atoms. The molecule has 5 nitrogen and oxygen atoms in total. The number of amides is 1. The number of carbonyl (C=O) groups excluding carboxylic acids is 1. The number of ether oxygens (including phenoxy) is 2. The van der Waals surface area contributed by atoms with Crippen LogP contribution in [0.5, 0.6) is 11.5 Å². The molecular weight excluding hydrogens is 360 g/mol. The number of nitrogens with one attached hydrogen (secondary N) is 1. The molecule has 0 radical (unpaired) electrons. The van der Waals surface area contributed by atoms with Gasteiger partial charge in [0.05, 0.1) is 26.0 Å². The summed E-state index contributed by atoms with van der Waals surface area (Å²) in [5.41, 5.74) is 4.82. The molecule has 0 unspecified atom stereocenters. The van der Waals surface area contributed by atoms with Gasteiger partial charge in [-0.05, 0) is 52.7 Å². The number of hydrogen-bond donors (Lipinski definition) is 1. The van der Waals surface area contributed by atoms with E-state index in [9.17, 15) is 4.79 Å². The van der Waals surface area contributed by atoms with Crippen molar-refractivity contribution >= 4 is 28.1 Å². The van der Waals surface area contributed by atoms with Crippen LogP contribution in [0.4, 0.5) is 0 Å². The van der Waals surface area contributed by atoms with E-state index in [1.165, 1.54) is 0 Å². The molecule has 0 aromatic heterocycles. The van der Waals surface area contributed by atoms with Crippen LogP contribution in [0, 0.1) is 6.92 Å². The summed E-state index contributed by atoms with van der Waals surface area (Å²) in [5, 5.41) is 4.01. The highest BCUT2D eigenvalue weighted by atomic mass is 79.9. The highest BCUT2D eigenvalue weighted by Crippen LogP contribution is 2.29. The van der Waals surface area contributed by atoms with Crippen molar-refractivity contribution in [2.24, 2.45) is 5.10 Å². The Kier molecular flexibility index (Phi) is 5.76. The van der Waals surface area contributed by atoms with Gasteiger partial charge in [-0.25, -0.2) is 5.43 Å². The smallest absolute Gasteiger partial charge is 0.272 e. The fraction of sp³-hybridized carbons (Fsp3) is 0.176. The van der Waals surface area contributed by atoms with Crippen LogP contribution in [-0.2, 0) is 0 Å². The first-order valence-electron chi connectivity index (χ1n) is 6.87. The van der Waals surface area contributed by atoms with Crippen LogP contribution in [0.3, 0.4) is 0 Å². The molecule has 120 valence electrons. The van der Waals surface area contributed by atoms with Crippen LogP contribution in [0.25, 0.3) is 0 Å². The maximum Gasteiger partial charge on any atom is 0.272 e. The average molecular weight is 377 g/mol. The van der Waals surface area contributed by atoms with Gasteiger partial charge in [-0.2, -0.15) is 5.10 Å². The maximum absolute atomic E-state index is 12.1. The van der Waals surface area contributed by atoms with Crippen molar-refractivity contribution in [1.82, 2.24) is 5.43 Å². The summed E-state index contributed by atoms with van der Waals surface area (Å²) in [6.07, 6.45) is 1.58. The van der Waals surface area contributed by atoms with Crippen molar-refractivity contribution in [3.05, 3.63) is 57.6 Å². The van der Waals surface area contributed by atoms with Gasteiger partial charge in [0.15, 0.2) is 11.5 Å². The molecule has 0 saturated carbocycles. The molecule has 0 saturated heterocycles. The second-order valence-corrected chi connectivity index (χ2v) is 5.60. The van der Waals surface area contributed by atoms with Gasteiger partial charge in [-0.15, -0.1) is 0 Å². The van der Waals surface area contributed by atoms with E-state index in [2.05, 4.69) is 26.5 Å². The number of carbonyl (C=O) groups is 1. The Morgan fingerprint density at radius 1 is 1.17 bits per heavy atom. The molecule has 0 heterocycles. The molecule has 0 aliphatic heterocycles. The lowest BCUT2D eigenvalue weighted by Crippen LogP contribution is -2.18. The number of benzene rings is 2. The fourth-order valence-electron chi connectivity index (χ4n) is 2.00. The first kappa shape index (κ1) is 17.0. The number of rotatable bonds is 5. The molecule has 0 aliphatic rings. The summed E-state index contributed by atoms with van der Waals surface area (Å²) in [7, 11) is 3.16. The second kappa shape index (κ2) is 7.78. The molecule has 1 amide bonds. The first-order valence-corrected chi connectivity index (χ1v) is 7.66. The van der Waals surface area contributed by atoms with Crippen molar-refractivity contribution in [2.75, 3.05) is 14.2 Å². The Labute approximate surface area is 143 Å². The predicted molar refractivity (Wildman–Crippen MR) is 93.5 cm³/mol. The molecule has 2 aromatic rings. The number of nitrogens with zero attached hydrogens (tertiary/aromatic N) is 1. The minimum Gasteiger partial charge on any atom is -0.493 e. The van der Waals surface area contributed by atoms with E-state index < -0.39 is 0 Å². The van der Waals surface area contributed by atoms with E-state index in [-0.39, 0.29) is 5.91 Å². The van der Waals surface area contributed by atoms with Gasteiger partial charge >= 0.3 is 0 Å². The molecule has 0 fully saturated rings. The zero-order chi connectivity index (χ0) is 16.8. The first-order chi connectivity index (χ1) is 11.1. The SMILES string of the molecule is COc1cc(C)c(/C=N\NC(=O)c2ccccc2Br)cc1OC. The van der Waals surface area contributed by atoms with Crippen molar-refractivity contribution in [1.29, 1.82) is 0 Å². The number of methoxy groups -OCH3 is 2. The van der Waals surface area contributed by atoms with Gasteiger partial charge in [-0.3, -0.25) is 4.79 Å². The fourth-order valence-corrected chi connectivity index (χ4v) is 2.47. The molecule has 0 bridgehead atoms. The topological polar surface area (TPSA) is 59.9 Å². The van der Waals surface area contributed by atoms with Crippen LogP contribution in [0.1, 0.15) is 21.5 Å². The van der Waals surface area contributed by atoms with Crippen molar-refractivity contribution in [2.45, 2.75) is 6.92 Å². The van der Waals surface area contributed by atoms with Crippen molar-refractivity contribution in [3.63, 3.8) is 0 Å². The third-order valence-corrected chi connectivity index (χ3v) is 3.95. The van der Waals surface area contributed by atoms with Crippen LogP contribution in [0.2, 0.25) is 0 Å². The van der Waals surface area contributed by atoms with E-state index in [1.807, 2.05) is 25.1 Å². The number of hydrogen-bond acceptors (Lipinski definition) is 4. The number of halogens is 1. The lowest BCUT2D eigenvalue weighted by atomic mass is 10.1. The highest BCUT2D eigenvalue weighted by molar-refractivity contribution is 9.10. The van der Waals surface area contributed by atoms with Crippen molar-refractivity contribution < 1.29 is 14.3 Å². The van der Waals surface area contributed by atoms with E-state index in [4.69, 9.17) is 9.47 Å². The Morgan fingerprint density at radius 2 is 1.83 bits per heavy atom. The Balaban J connectivity index is 2.15. The largest absolute Gasteiger partial charge is 0.493 e. The molecule has 1 N–H and O–H groups in total. The molecule has 6 heteroatoms. The van der Waals surface area contributed by atoms with Gasteiger partial charge < -0.3 is 9.47 Å². The van der Waals surface area contributed by atoms with Gasteiger partial charge in [0.2, 0.25) is 0 Å². The minimum atomic E-state index is -0.285. The molecular formula is C17H17BrN2O3.